The van der Waals surface area contributed by atoms with E-state index in [-0.39, 0.29) is 5.91 Å². The van der Waals surface area contributed by atoms with Crippen LogP contribution in [0.3, 0.4) is 0 Å². The van der Waals surface area contributed by atoms with Gasteiger partial charge in [-0.25, -0.2) is 9.97 Å². The van der Waals surface area contributed by atoms with Crippen molar-refractivity contribution in [3.8, 4) is 5.69 Å². The number of para-hydroxylation sites is 2. The highest BCUT2D eigenvalue weighted by atomic mass is 16.5. The van der Waals surface area contributed by atoms with E-state index in [2.05, 4.69) is 10.2 Å². The predicted octanol–water partition coefficient (Wildman–Crippen LogP) is 2.53. The van der Waals surface area contributed by atoms with Gasteiger partial charge in [-0.15, -0.1) is 0 Å². The van der Waals surface area contributed by atoms with Crippen LogP contribution in [0.5, 0.6) is 0 Å². The molecule has 3 heterocycles. The van der Waals surface area contributed by atoms with Gasteiger partial charge >= 0.3 is 0 Å². The number of hydrogen-bond acceptors (Lipinski definition) is 6. The molecule has 0 spiro atoms. The number of aromatic nitrogens is 3. The fourth-order valence-electron chi connectivity index (χ4n) is 4.08. The van der Waals surface area contributed by atoms with Crippen molar-refractivity contribution < 1.29 is 9.53 Å². The Kier molecular flexibility index (Phi) is 5.46. The van der Waals surface area contributed by atoms with Crippen molar-refractivity contribution in [3.63, 3.8) is 0 Å². The number of fused-ring (bicyclic) bond motifs is 2. The monoisotopic (exact) mass is 430 g/mol. The van der Waals surface area contributed by atoms with Crippen molar-refractivity contribution in [2.75, 3.05) is 45.1 Å². The number of nitrogens with zero attached hydrogens (tertiary/aromatic N) is 4. The van der Waals surface area contributed by atoms with Gasteiger partial charge in [-0.3, -0.25) is 14.3 Å². The zero-order valence-electron chi connectivity index (χ0n) is 18.0. The molecular formula is C24H26N6O2. The van der Waals surface area contributed by atoms with Crippen LogP contribution in [0.1, 0.15) is 15.9 Å². The smallest absolute Gasteiger partial charge is 0.257 e. The summed E-state index contributed by atoms with van der Waals surface area (Å²) in [6.07, 6.45) is 0. The molecule has 0 atom stereocenters. The lowest BCUT2D eigenvalue weighted by Gasteiger charge is -2.26. The number of carbonyl (C=O) groups is 1. The van der Waals surface area contributed by atoms with Gasteiger partial charge < -0.3 is 15.8 Å². The third-order valence-electron chi connectivity index (χ3n) is 5.83. The SMILES string of the molecule is Cc1ccc(-n2c(N)c(C(=O)NCCN3CCOCC3)c3nc4ccccc4nc32)cc1. The maximum Gasteiger partial charge on any atom is 0.257 e. The van der Waals surface area contributed by atoms with E-state index in [0.717, 1.165) is 55.1 Å². The third-order valence-corrected chi connectivity index (χ3v) is 5.83. The molecule has 0 radical (unpaired) electrons. The number of nitrogens with one attached hydrogen (secondary N) is 1. The van der Waals surface area contributed by atoms with Crippen molar-refractivity contribution in [2.45, 2.75) is 6.92 Å². The number of anilines is 1. The Morgan fingerprint density at radius 3 is 2.47 bits per heavy atom. The minimum atomic E-state index is -0.240. The molecule has 1 saturated heterocycles. The Bertz CT molecular complexity index is 1280. The quantitative estimate of drug-likeness (QED) is 0.505. The lowest BCUT2D eigenvalue weighted by Crippen LogP contribution is -2.41. The lowest BCUT2D eigenvalue weighted by atomic mass is 10.2. The minimum Gasteiger partial charge on any atom is -0.384 e. The molecule has 32 heavy (non-hydrogen) atoms. The van der Waals surface area contributed by atoms with Crippen LogP contribution in [-0.4, -0.2) is 64.7 Å². The molecule has 164 valence electrons. The highest BCUT2D eigenvalue weighted by Crippen LogP contribution is 2.31. The summed E-state index contributed by atoms with van der Waals surface area (Å²) in [6, 6.07) is 15.6. The molecule has 8 nitrogen and oxygen atoms in total. The summed E-state index contributed by atoms with van der Waals surface area (Å²) in [5, 5.41) is 3.02. The molecule has 2 aromatic heterocycles. The highest BCUT2D eigenvalue weighted by molar-refractivity contribution is 6.11. The first-order chi connectivity index (χ1) is 15.6. The Morgan fingerprint density at radius 2 is 1.75 bits per heavy atom. The normalized spacial score (nSPS) is 14.8. The highest BCUT2D eigenvalue weighted by Gasteiger charge is 2.25. The van der Waals surface area contributed by atoms with Gasteiger partial charge in [0.15, 0.2) is 5.65 Å². The fourth-order valence-corrected chi connectivity index (χ4v) is 4.08. The number of nitrogen functional groups attached to an aromatic ring is 1. The molecular weight excluding hydrogens is 404 g/mol. The number of carbonyl (C=O) groups excluding carboxylic acids is 1. The summed E-state index contributed by atoms with van der Waals surface area (Å²) >= 11 is 0. The zero-order valence-corrected chi connectivity index (χ0v) is 18.0. The Labute approximate surface area is 186 Å². The molecule has 3 N–H and O–H groups in total. The van der Waals surface area contributed by atoms with E-state index in [1.165, 1.54) is 0 Å². The first-order valence-corrected chi connectivity index (χ1v) is 10.8. The Balaban J connectivity index is 1.54. The van der Waals surface area contributed by atoms with Gasteiger partial charge in [0.1, 0.15) is 16.9 Å². The molecule has 4 aromatic rings. The molecule has 1 aliphatic heterocycles. The largest absolute Gasteiger partial charge is 0.384 e. The molecule has 0 saturated carbocycles. The standard InChI is InChI=1S/C24H26N6O2/c1-16-6-8-17(9-7-16)30-22(25)20(24(31)26-10-11-29-12-14-32-15-13-29)21-23(30)28-19-5-3-2-4-18(19)27-21/h2-9H,10-15,25H2,1H3,(H,26,31). The van der Waals surface area contributed by atoms with Gasteiger partial charge in [0, 0.05) is 31.9 Å². The Hall–Kier alpha value is -3.49. The summed E-state index contributed by atoms with van der Waals surface area (Å²) in [7, 11) is 0. The number of aryl methyl sites for hydroxylation is 1. The molecule has 1 amide bonds. The lowest BCUT2D eigenvalue weighted by molar-refractivity contribution is 0.0383. The van der Waals surface area contributed by atoms with Crippen LogP contribution in [0.2, 0.25) is 0 Å². The molecule has 2 aromatic carbocycles. The molecule has 0 unspecified atom stereocenters. The van der Waals surface area contributed by atoms with Crippen LogP contribution >= 0.6 is 0 Å². The van der Waals surface area contributed by atoms with Gasteiger partial charge in [-0.05, 0) is 31.2 Å². The first-order valence-electron chi connectivity index (χ1n) is 10.8. The van der Waals surface area contributed by atoms with E-state index in [4.69, 9.17) is 20.4 Å². The molecule has 0 bridgehead atoms. The van der Waals surface area contributed by atoms with Crippen molar-refractivity contribution in [2.24, 2.45) is 0 Å². The predicted molar refractivity (Wildman–Crippen MR) is 125 cm³/mol. The van der Waals surface area contributed by atoms with Gasteiger partial charge in [0.2, 0.25) is 0 Å². The third kappa shape index (κ3) is 3.79. The van der Waals surface area contributed by atoms with E-state index in [1.54, 1.807) is 0 Å². The number of rotatable bonds is 5. The first kappa shape index (κ1) is 20.4. The van der Waals surface area contributed by atoms with E-state index in [9.17, 15) is 4.79 Å². The van der Waals surface area contributed by atoms with Crippen LogP contribution in [0.15, 0.2) is 48.5 Å². The van der Waals surface area contributed by atoms with Gasteiger partial charge in [0.25, 0.3) is 5.91 Å². The van der Waals surface area contributed by atoms with Gasteiger partial charge in [-0.2, -0.15) is 0 Å². The summed E-state index contributed by atoms with van der Waals surface area (Å²) in [6.45, 7) is 6.53. The summed E-state index contributed by atoms with van der Waals surface area (Å²) < 4.78 is 7.19. The van der Waals surface area contributed by atoms with Crippen molar-refractivity contribution in [3.05, 3.63) is 59.7 Å². The van der Waals surface area contributed by atoms with E-state index >= 15 is 0 Å². The zero-order chi connectivity index (χ0) is 22.1. The van der Waals surface area contributed by atoms with Crippen LogP contribution in [0, 0.1) is 6.92 Å². The topological polar surface area (TPSA) is 98.3 Å². The van der Waals surface area contributed by atoms with Crippen LogP contribution < -0.4 is 11.1 Å². The average molecular weight is 431 g/mol. The summed E-state index contributed by atoms with van der Waals surface area (Å²) in [4.78, 5) is 25.1. The molecule has 8 heteroatoms. The maximum absolute atomic E-state index is 13.2. The number of benzene rings is 2. The van der Waals surface area contributed by atoms with Crippen LogP contribution in [0.25, 0.3) is 27.9 Å². The fraction of sp³-hybridized carbons (Fsp3) is 0.292. The second-order valence-corrected chi connectivity index (χ2v) is 8.03. The second-order valence-electron chi connectivity index (χ2n) is 8.03. The summed E-state index contributed by atoms with van der Waals surface area (Å²) in [5.74, 6) is 0.0965. The van der Waals surface area contributed by atoms with E-state index in [0.29, 0.717) is 29.1 Å². The number of morpholine rings is 1. The van der Waals surface area contributed by atoms with Gasteiger partial charge in [-0.1, -0.05) is 29.8 Å². The molecule has 1 aliphatic rings. The maximum atomic E-state index is 13.2. The molecule has 1 fully saturated rings. The van der Waals surface area contributed by atoms with Crippen molar-refractivity contribution in [1.82, 2.24) is 24.8 Å². The van der Waals surface area contributed by atoms with E-state index < -0.39 is 0 Å². The van der Waals surface area contributed by atoms with Gasteiger partial charge in [0.05, 0.1) is 24.2 Å². The summed E-state index contributed by atoms with van der Waals surface area (Å²) in [5.41, 5.74) is 11.5. The number of amides is 1. The molecule has 0 aliphatic carbocycles. The number of ether oxygens (including phenoxy) is 1. The van der Waals surface area contributed by atoms with E-state index in [1.807, 2.05) is 60.0 Å². The van der Waals surface area contributed by atoms with Crippen molar-refractivity contribution in [1.29, 1.82) is 0 Å². The van der Waals surface area contributed by atoms with Crippen LogP contribution in [0.4, 0.5) is 5.82 Å². The molecule has 5 rings (SSSR count). The second kappa shape index (κ2) is 8.57. The minimum absolute atomic E-state index is 0.240. The number of hydrogen-bond donors (Lipinski definition) is 2. The van der Waals surface area contributed by atoms with Crippen LogP contribution in [-0.2, 0) is 4.74 Å². The number of nitrogens with two attached hydrogens (primary N) is 1. The van der Waals surface area contributed by atoms with Crippen molar-refractivity contribution >= 4 is 33.9 Å². The Morgan fingerprint density at radius 1 is 1.06 bits per heavy atom. The average Bonchev–Trinajstić information content (AvgIpc) is 3.09.